The highest BCUT2D eigenvalue weighted by Gasteiger charge is 2.35. The number of carbonyl (C=O) groups is 1. The molecule has 1 heterocycles. The Morgan fingerprint density at radius 1 is 1.53 bits per heavy atom. The number of carbonyl (C=O) groups excluding carboxylic acids is 1. The molecule has 0 aromatic heterocycles. The first-order valence-corrected chi connectivity index (χ1v) is 5.78. The maximum Gasteiger partial charge on any atom is 0.224 e. The third-order valence-electron chi connectivity index (χ3n) is 3.47. The summed E-state index contributed by atoms with van der Waals surface area (Å²) >= 11 is 0. The molecule has 0 radical (unpaired) electrons. The third-order valence-corrected chi connectivity index (χ3v) is 3.47. The van der Waals surface area contributed by atoms with Crippen molar-refractivity contribution in [3.05, 3.63) is 0 Å². The van der Waals surface area contributed by atoms with Gasteiger partial charge in [0.15, 0.2) is 0 Å². The Bertz CT molecular complexity index is 296. The molecule has 1 rings (SSSR count). The van der Waals surface area contributed by atoms with Gasteiger partial charge < -0.3 is 20.6 Å². The zero-order valence-electron chi connectivity index (χ0n) is 10.5. The van der Waals surface area contributed by atoms with Gasteiger partial charge in [-0.2, -0.15) is 0 Å². The van der Waals surface area contributed by atoms with Crippen LogP contribution in [0.4, 0.5) is 0 Å². The number of hydrogen-bond acceptors (Lipinski definition) is 4. The second-order valence-corrected chi connectivity index (χ2v) is 4.67. The summed E-state index contributed by atoms with van der Waals surface area (Å²) in [4.78, 5) is 13.6. The highest BCUT2D eigenvalue weighted by atomic mass is 16.5. The van der Waals surface area contributed by atoms with Crippen LogP contribution < -0.4 is 5.73 Å². The first-order chi connectivity index (χ1) is 8.03. The normalized spacial score (nSPS) is 20.4. The van der Waals surface area contributed by atoms with Gasteiger partial charge in [-0.05, 0) is 12.8 Å². The molecule has 1 fully saturated rings. The highest BCUT2D eigenvalue weighted by molar-refractivity contribution is 5.86. The fraction of sp³-hybridized carbons (Fsp3) is 0.818. The summed E-state index contributed by atoms with van der Waals surface area (Å²) in [7, 11) is 1.58. The van der Waals surface area contributed by atoms with Crippen LogP contribution in [0.25, 0.3) is 0 Å². The number of piperidine rings is 1. The van der Waals surface area contributed by atoms with Gasteiger partial charge in [-0.15, -0.1) is 0 Å². The van der Waals surface area contributed by atoms with E-state index in [0.717, 1.165) is 12.8 Å². The van der Waals surface area contributed by atoms with Crippen LogP contribution in [0.2, 0.25) is 0 Å². The monoisotopic (exact) mass is 243 g/mol. The summed E-state index contributed by atoms with van der Waals surface area (Å²) in [5.41, 5.74) is 5.36. The molecule has 0 spiro atoms. The lowest BCUT2D eigenvalue weighted by atomic mass is 9.79. The molecular formula is C11H21N3O3. The molecule has 3 N–H and O–H groups in total. The summed E-state index contributed by atoms with van der Waals surface area (Å²) in [5.74, 6) is 0.356. The van der Waals surface area contributed by atoms with Crippen LogP contribution in [0.3, 0.4) is 0 Å². The number of amides is 1. The van der Waals surface area contributed by atoms with E-state index in [4.69, 9.17) is 15.7 Å². The van der Waals surface area contributed by atoms with Crippen LogP contribution in [-0.4, -0.2) is 48.7 Å². The molecule has 0 saturated carbocycles. The fourth-order valence-electron chi connectivity index (χ4n) is 1.97. The fourth-order valence-corrected chi connectivity index (χ4v) is 1.97. The summed E-state index contributed by atoms with van der Waals surface area (Å²) in [6.07, 6.45) is 1.86. The zero-order chi connectivity index (χ0) is 12.9. The topological polar surface area (TPSA) is 88.2 Å². The Labute approximate surface area is 101 Å². The lowest BCUT2D eigenvalue weighted by molar-refractivity contribution is -0.133. The number of ether oxygens (including phenoxy) is 1. The Hall–Kier alpha value is -1.30. The van der Waals surface area contributed by atoms with Crippen molar-refractivity contribution < 1.29 is 14.7 Å². The quantitative estimate of drug-likeness (QED) is 0.324. The van der Waals surface area contributed by atoms with Crippen molar-refractivity contribution in [2.45, 2.75) is 26.2 Å². The van der Waals surface area contributed by atoms with Crippen molar-refractivity contribution in [2.75, 3.05) is 26.8 Å². The lowest BCUT2D eigenvalue weighted by Gasteiger charge is -2.38. The molecule has 0 unspecified atom stereocenters. The molecule has 0 aromatic carbocycles. The Balaban J connectivity index is 2.48. The Morgan fingerprint density at radius 3 is 2.59 bits per heavy atom. The van der Waals surface area contributed by atoms with Gasteiger partial charge in [-0.3, -0.25) is 4.79 Å². The molecular weight excluding hydrogens is 222 g/mol. The SMILES string of the molecule is COCCC(=O)N1CCC(C)(C(N)=NO)CC1. The predicted molar refractivity (Wildman–Crippen MR) is 63.8 cm³/mol. The smallest absolute Gasteiger partial charge is 0.224 e. The summed E-state index contributed by atoms with van der Waals surface area (Å²) < 4.78 is 4.88. The molecule has 0 aliphatic carbocycles. The molecule has 0 aromatic rings. The average molecular weight is 243 g/mol. The number of amidine groups is 1. The van der Waals surface area contributed by atoms with E-state index in [1.807, 2.05) is 11.8 Å². The molecule has 1 amide bonds. The Morgan fingerprint density at radius 2 is 2.12 bits per heavy atom. The van der Waals surface area contributed by atoms with E-state index in [9.17, 15) is 4.79 Å². The van der Waals surface area contributed by atoms with Crippen LogP contribution >= 0.6 is 0 Å². The molecule has 0 bridgehead atoms. The van der Waals surface area contributed by atoms with E-state index in [1.165, 1.54) is 0 Å². The summed E-state index contributed by atoms with van der Waals surface area (Å²) in [5, 5.41) is 11.8. The average Bonchev–Trinajstić information content (AvgIpc) is 2.35. The van der Waals surface area contributed by atoms with Crippen LogP contribution in [0.15, 0.2) is 5.16 Å². The standard InChI is InChI=1S/C11H21N3O3/c1-11(10(12)13-16)4-6-14(7-5-11)9(15)3-8-17-2/h16H,3-8H2,1-2H3,(H2,12,13). The van der Waals surface area contributed by atoms with Gasteiger partial charge in [-0.1, -0.05) is 12.1 Å². The number of likely N-dealkylation sites (tertiary alicyclic amines) is 1. The number of methoxy groups -OCH3 is 1. The number of hydrogen-bond donors (Lipinski definition) is 2. The molecule has 1 aliphatic rings. The van der Waals surface area contributed by atoms with Crippen molar-refractivity contribution in [1.82, 2.24) is 4.90 Å². The first kappa shape index (κ1) is 13.8. The maximum absolute atomic E-state index is 11.7. The molecule has 6 nitrogen and oxygen atoms in total. The van der Waals surface area contributed by atoms with E-state index >= 15 is 0 Å². The van der Waals surface area contributed by atoms with Gasteiger partial charge in [0.25, 0.3) is 0 Å². The van der Waals surface area contributed by atoms with Crippen molar-refractivity contribution in [3.8, 4) is 0 Å². The molecule has 17 heavy (non-hydrogen) atoms. The van der Waals surface area contributed by atoms with Crippen LogP contribution in [0, 0.1) is 5.41 Å². The van der Waals surface area contributed by atoms with Crippen molar-refractivity contribution in [1.29, 1.82) is 0 Å². The van der Waals surface area contributed by atoms with Crippen molar-refractivity contribution in [2.24, 2.45) is 16.3 Å². The second kappa shape index (κ2) is 5.86. The Kier molecular flexibility index (Phi) is 4.74. The minimum absolute atomic E-state index is 0.105. The van der Waals surface area contributed by atoms with Crippen LogP contribution in [0.1, 0.15) is 26.2 Å². The maximum atomic E-state index is 11.7. The van der Waals surface area contributed by atoms with Gasteiger partial charge >= 0.3 is 0 Å². The molecule has 6 heteroatoms. The van der Waals surface area contributed by atoms with Gasteiger partial charge in [0.2, 0.25) is 5.91 Å². The molecule has 1 aliphatic heterocycles. The van der Waals surface area contributed by atoms with Gasteiger partial charge in [0.1, 0.15) is 5.84 Å². The number of nitrogens with two attached hydrogens (primary N) is 1. The summed E-state index contributed by atoms with van der Waals surface area (Å²) in [6.45, 7) is 3.70. The predicted octanol–water partition coefficient (Wildman–Crippen LogP) is 0.398. The summed E-state index contributed by atoms with van der Waals surface area (Å²) in [6, 6.07) is 0. The highest BCUT2D eigenvalue weighted by Crippen LogP contribution is 2.31. The number of nitrogens with zero attached hydrogens (tertiary/aromatic N) is 2. The largest absolute Gasteiger partial charge is 0.409 e. The molecule has 1 saturated heterocycles. The van der Waals surface area contributed by atoms with Gasteiger partial charge in [0.05, 0.1) is 13.0 Å². The minimum atomic E-state index is -0.299. The number of rotatable bonds is 4. The van der Waals surface area contributed by atoms with Crippen molar-refractivity contribution >= 4 is 11.7 Å². The lowest BCUT2D eigenvalue weighted by Crippen LogP contribution is -2.47. The number of oxime groups is 1. The van der Waals surface area contributed by atoms with E-state index in [-0.39, 0.29) is 17.2 Å². The van der Waals surface area contributed by atoms with E-state index in [1.54, 1.807) is 7.11 Å². The van der Waals surface area contributed by atoms with Crippen molar-refractivity contribution in [3.63, 3.8) is 0 Å². The first-order valence-electron chi connectivity index (χ1n) is 5.78. The molecule has 0 atom stereocenters. The molecule has 98 valence electrons. The van der Waals surface area contributed by atoms with Crippen LogP contribution in [0.5, 0.6) is 0 Å². The third kappa shape index (κ3) is 3.33. The zero-order valence-corrected chi connectivity index (χ0v) is 10.5. The van der Waals surface area contributed by atoms with E-state index in [0.29, 0.717) is 26.1 Å². The van der Waals surface area contributed by atoms with Crippen LogP contribution in [-0.2, 0) is 9.53 Å². The van der Waals surface area contributed by atoms with Gasteiger partial charge in [-0.25, -0.2) is 0 Å². The second-order valence-electron chi connectivity index (χ2n) is 4.67. The van der Waals surface area contributed by atoms with Gasteiger partial charge in [0, 0.05) is 25.6 Å². The minimum Gasteiger partial charge on any atom is -0.409 e. The van der Waals surface area contributed by atoms with E-state index < -0.39 is 0 Å². The van der Waals surface area contributed by atoms with E-state index in [2.05, 4.69) is 5.16 Å².